The number of nitrogens with two attached hydrogens (primary N) is 1. The molecule has 0 aliphatic heterocycles. The molecule has 0 saturated heterocycles. The van der Waals surface area contributed by atoms with Gasteiger partial charge in [0.25, 0.3) is 5.91 Å². The summed E-state index contributed by atoms with van der Waals surface area (Å²) in [7, 11) is 1.69. The second-order valence-corrected chi connectivity index (χ2v) is 5.02. The SMILES string of the molecule is CC(CN(C)C(=O)c1ccc2ncccc2c1)C(N)=NO. The molecule has 0 spiro atoms. The van der Waals surface area contributed by atoms with E-state index >= 15 is 0 Å². The largest absolute Gasteiger partial charge is 0.409 e. The van der Waals surface area contributed by atoms with Gasteiger partial charge in [-0.3, -0.25) is 9.78 Å². The van der Waals surface area contributed by atoms with Crippen molar-refractivity contribution >= 4 is 22.6 Å². The zero-order valence-electron chi connectivity index (χ0n) is 12.0. The van der Waals surface area contributed by atoms with Gasteiger partial charge in [0.15, 0.2) is 0 Å². The molecule has 0 radical (unpaired) electrons. The molecule has 2 rings (SSSR count). The maximum absolute atomic E-state index is 12.4. The van der Waals surface area contributed by atoms with Crippen LogP contribution in [0.1, 0.15) is 17.3 Å². The Hall–Kier alpha value is -2.63. The van der Waals surface area contributed by atoms with Crippen LogP contribution in [0.25, 0.3) is 10.9 Å². The van der Waals surface area contributed by atoms with E-state index in [0.717, 1.165) is 10.9 Å². The Kier molecular flexibility index (Phi) is 4.37. The number of aromatic nitrogens is 1. The second kappa shape index (κ2) is 6.21. The fraction of sp³-hybridized carbons (Fsp3) is 0.267. The van der Waals surface area contributed by atoms with Crippen LogP contribution in [0.5, 0.6) is 0 Å². The van der Waals surface area contributed by atoms with E-state index in [9.17, 15) is 4.79 Å². The van der Waals surface area contributed by atoms with Gasteiger partial charge in [-0.2, -0.15) is 0 Å². The van der Waals surface area contributed by atoms with Crippen LogP contribution in [0.2, 0.25) is 0 Å². The van der Waals surface area contributed by atoms with Gasteiger partial charge >= 0.3 is 0 Å². The Balaban J connectivity index is 2.17. The normalized spacial score (nSPS) is 13.1. The monoisotopic (exact) mass is 286 g/mol. The maximum Gasteiger partial charge on any atom is 0.253 e. The number of oxime groups is 1. The van der Waals surface area contributed by atoms with Crippen molar-refractivity contribution in [3.63, 3.8) is 0 Å². The first-order valence-corrected chi connectivity index (χ1v) is 6.60. The highest BCUT2D eigenvalue weighted by atomic mass is 16.4. The van der Waals surface area contributed by atoms with Crippen LogP contribution in [-0.2, 0) is 0 Å². The minimum atomic E-state index is -0.217. The van der Waals surface area contributed by atoms with Crippen molar-refractivity contribution in [3.8, 4) is 0 Å². The predicted molar refractivity (Wildman–Crippen MR) is 81.3 cm³/mol. The van der Waals surface area contributed by atoms with Crippen molar-refractivity contribution in [1.82, 2.24) is 9.88 Å². The Morgan fingerprint density at radius 3 is 2.95 bits per heavy atom. The predicted octanol–water partition coefficient (Wildman–Crippen LogP) is 1.69. The van der Waals surface area contributed by atoms with Crippen LogP contribution in [0.3, 0.4) is 0 Å². The van der Waals surface area contributed by atoms with Crippen molar-refractivity contribution in [2.45, 2.75) is 6.92 Å². The third kappa shape index (κ3) is 3.28. The first-order chi connectivity index (χ1) is 10.0. The zero-order chi connectivity index (χ0) is 15.4. The van der Waals surface area contributed by atoms with Crippen molar-refractivity contribution < 1.29 is 10.0 Å². The summed E-state index contributed by atoms with van der Waals surface area (Å²) in [6.45, 7) is 2.17. The molecule has 1 unspecified atom stereocenters. The number of nitrogens with zero attached hydrogens (tertiary/aromatic N) is 3. The number of hydrogen-bond acceptors (Lipinski definition) is 4. The quantitative estimate of drug-likeness (QED) is 0.387. The summed E-state index contributed by atoms with van der Waals surface area (Å²) < 4.78 is 0. The molecular weight excluding hydrogens is 268 g/mol. The molecule has 0 bridgehead atoms. The minimum absolute atomic E-state index is 0.109. The molecule has 1 aromatic heterocycles. The number of carbonyl (C=O) groups excluding carboxylic acids is 1. The lowest BCUT2D eigenvalue weighted by Gasteiger charge is -2.21. The van der Waals surface area contributed by atoms with E-state index in [1.54, 1.807) is 31.1 Å². The third-order valence-electron chi connectivity index (χ3n) is 3.36. The molecule has 6 nitrogen and oxygen atoms in total. The highest BCUT2D eigenvalue weighted by molar-refractivity contribution is 5.98. The number of fused-ring (bicyclic) bond motifs is 1. The average molecular weight is 286 g/mol. The number of carbonyl (C=O) groups is 1. The Morgan fingerprint density at radius 2 is 2.24 bits per heavy atom. The molecule has 21 heavy (non-hydrogen) atoms. The Morgan fingerprint density at radius 1 is 1.48 bits per heavy atom. The topological polar surface area (TPSA) is 91.8 Å². The zero-order valence-corrected chi connectivity index (χ0v) is 12.0. The van der Waals surface area contributed by atoms with Gasteiger partial charge in [-0.15, -0.1) is 0 Å². The van der Waals surface area contributed by atoms with E-state index < -0.39 is 0 Å². The molecule has 0 aliphatic rings. The van der Waals surface area contributed by atoms with Crippen LogP contribution >= 0.6 is 0 Å². The van der Waals surface area contributed by atoms with E-state index in [0.29, 0.717) is 12.1 Å². The van der Waals surface area contributed by atoms with Crippen LogP contribution in [0.4, 0.5) is 0 Å². The minimum Gasteiger partial charge on any atom is -0.409 e. The molecule has 0 fully saturated rings. The summed E-state index contributed by atoms with van der Waals surface area (Å²) in [6, 6.07) is 9.14. The molecule has 1 aromatic carbocycles. The summed E-state index contributed by atoms with van der Waals surface area (Å²) >= 11 is 0. The average Bonchev–Trinajstić information content (AvgIpc) is 2.52. The number of pyridine rings is 1. The first-order valence-electron chi connectivity index (χ1n) is 6.60. The van der Waals surface area contributed by atoms with Crippen LogP contribution in [0, 0.1) is 5.92 Å². The molecule has 2 aromatic rings. The van der Waals surface area contributed by atoms with E-state index in [2.05, 4.69) is 10.1 Å². The summed E-state index contributed by atoms with van der Waals surface area (Å²) in [4.78, 5) is 18.2. The Bertz CT molecular complexity index is 684. The number of amidine groups is 1. The molecule has 1 amide bonds. The molecule has 110 valence electrons. The van der Waals surface area contributed by atoms with Gasteiger partial charge in [0.1, 0.15) is 5.84 Å². The summed E-state index contributed by atoms with van der Waals surface area (Å²) in [6.07, 6.45) is 1.72. The number of rotatable bonds is 4. The van der Waals surface area contributed by atoms with Crippen molar-refractivity contribution in [2.24, 2.45) is 16.8 Å². The third-order valence-corrected chi connectivity index (χ3v) is 3.36. The van der Waals surface area contributed by atoms with Crippen LogP contribution < -0.4 is 5.73 Å². The molecule has 3 N–H and O–H groups in total. The van der Waals surface area contributed by atoms with E-state index in [1.807, 2.05) is 24.3 Å². The van der Waals surface area contributed by atoms with Gasteiger partial charge in [-0.25, -0.2) is 0 Å². The van der Waals surface area contributed by atoms with Gasteiger partial charge in [0, 0.05) is 36.7 Å². The van der Waals surface area contributed by atoms with E-state index in [4.69, 9.17) is 10.9 Å². The van der Waals surface area contributed by atoms with Gasteiger partial charge in [0.05, 0.1) is 5.52 Å². The number of amides is 1. The molecule has 1 heterocycles. The van der Waals surface area contributed by atoms with Crippen LogP contribution in [-0.4, -0.2) is 40.4 Å². The number of hydrogen-bond donors (Lipinski definition) is 2. The highest BCUT2D eigenvalue weighted by Gasteiger charge is 2.17. The molecule has 6 heteroatoms. The Labute approximate surface area is 122 Å². The first kappa shape index (κ1) is 14.8. The lowest BCUT2D eigenvalue weighted by molar-refractivity contribution is 0.0786. The summed E-state index contributed by atoms with van der Waals surface area (Å²) in [5, 5.41) is 12.5. The smallest absolute Gasteiger partial charge is 0.253 e. The molecular formula is C15H18N4O2. The van der Waals surface area contributed by atoms with Crippen LogP contribution in [0.15, 0.2) is 41.7 Å². The van der Waals surface area contributed by atoms with Gasteiger partial charge < -0.3 is 15.8 Å². The van der Waals surface area contributed by atoms with Gasteiger partial charge in [-0.1, -0.05) is 18.1 Å². The number of benzene rings is 1. The lowest BCUT2D eigenvalue weighted by atomic mass is 10.1. The van der Waals surface area contributed by atoms with Crippen molar-refractivity contribution in [2.75, 3.05) is 13.6 Å². The molecule has 1 atom stereocenters. The van der Waals surface area contributed by atoms with E-state index in [1.165, 1.54) is 0 Å². The van der Waals surface area contributed by atoms with Gasteiger partial charge in [0.2, 0.25) is 0 Å². The summed E-state index contributed by atoms with van der Waals surface area (Å²) in [5.74, 6) is -0.221. The standard InChI is InChI=1S/C15H18N4O2/c1-10(14(16)18-21)9-19(2)15(20)12-5-6-13-11(8-12)4-3-7-17-13/h3-8,10,21H,9H2,1-2H3,(H2,16,18). The second-order valence-electron chi connectivity index (χ2n) is 5.02. The van der Waals surface area contributed by atoms with E-state index in [-0.39, 0.29) is 17.7 Å². The summed E-state index contributed by atoms with van der Waals surface area (Å²) in [5.41, 5.74) is 6.97. The fourth-order valence-corrected chi connectivity index (χ4v) is 2.11. The molecule has 0 aliphatic carbocycles. The maximum atomic E-state index is 12.4. The highest BCUT2D eigenvalue weighted by Crippen LogP contribution is 2.15. The fourth-order valence-electron chi connectivity index (χ4n) is 2.11. The van der Waals surface area contributed by atoms with Gasteiger partial charge in [-0.05, 0) is 24.3 Å². The van der Waals surface area contributed by atoms with Crippen molar-refractivity contribution in [3.05, 3.63) is 42.1 Å². The lowest BCUT2D eigenvalue weighted by Crippen LogP contribution is -2.36. The molecule has 0 saturated carbocycles. The van der Waals surface area contributed by atoms with Crippen molar-refractivity contribution in [1.29, 1.82) is 0 Å².